The molecule has 542 valence electrons. The third kappa shape index (κ3) is 10.00. The van der Waals surface area contributed by atoms with Gasteiger partial charge >= 0.3 is 0 Å². The van der Waals surface area contributed by atoms with E-state index in [1.165, 1.54) is 125 Å². The van der Waals surface area contributed by atoms with Gasteiger partial charge in [0.15, 0.2) is 0 Å². The van der Waals surface area contributed by atoms with Gasteiger partial charge in [0.05, 0.1) is 22.1 Å². The number of ether oxygens (including phenoxy) is 6. The van der Waals surface area contributed by atoms with Crippen LogP contribution >= 0.6 is 0 Å². The molecule has 0 aliphatic carbocycles. The van der Waals surface area contributed by atoms with Crippen LogP contribution in [0.15, 0.2) is 382 Å². The Labute approximate surface area is 674 Å². The van der Waals surface area contributed by atoms with E-state index in [1.54, 1.807) is 0 Å². The molecule has 0 saturated carbocycles. The Morgan fingerprint density at radius 2 is 0.513 bits per heavy atom. The Balaban J connectivity index is 0.0000000981. The van der Waals surface area contributed by atoms with Crippen molar-refractivity contribution in [3.8, 4) is 114 Å². The summed E-state index contributed by atoms with van der Waals surface area (Å²) in [5.41, 5.74) is 24.3. The van der Waals surface area contributed by atoms with E-state index in [0.29, 0.717) is 0 Å². The molecule has 8 nitrogen and oxygen atoms in total. The molecule has 8 heterocycles. The van der Waals surface area contributed by atoms with Crippen LogP contribution in [-0.2, 0) is 0 Å². The van der Waals surface area contributed by atoms with Crippen LogP contribution in [0.1, 0.15) is 0 Å². The minimum Gasteiger partial charge on any atom is -0.458 e. The number of fused-ring (bicyclic) bond motifs is 18. The summed E-state index contributed by atoms with van der Waals surface area (Å²) in [4.78, 5) is 0. The molecule has 21 aromatic rings. The van der Waals surface area contributed by atoms with Crippen molar-refractivity contribution in [3.05, 3.63) is 382 Å². The lowest BCUT2D eigenvalue weighted by molar-refractivity contribution is 0.464. The first-order valence-electron chi connectivity index (χ1n) is 40.0. The van der Waals surface area contributed by atoms with Crippen LogP contribution in [0, 0.1) is 0 Å². The molecular formula is C106H63B3N2O6. The summed E-state index contributed by atoms with van der Waals surface area (Å²) in [5, 5.41) is 12.8. The number of para-hydroxylation sites is 9. The lowest BCUT2D eigenvalue weighted by Crippen LogP contribution is -2.57. The number of hydrogen-bond acceptors (Lipinski definition) is 6. The summed E-state index contributed by atoms with van der Waals surface area (Å²) in [5.74, 6) is 10.7. The second-order valence-electron chi connectivity index (χ2n) is 31.0. The molecular weight excluding hydrogens is 1430 g/mol. The molecule has 0 N–H and O–H groups in total. The highest BCUT2D eigenvalue weighted by Crippen LogP contribution is 2.48. The van der Waals surface area contributed by atoms with Crippen LogP contribution in [0.5, 0.6) is 69.0 Å². The molecule has 0 bridgehead atoms. The Hall–Kier alpha value is -15.2. The second-order valence-corrected chi connectivity index (χ2v) is 31.0. The summed E-state index contributed by atoms with van der Waals surface area (Å²) >= 11 is 0. The fourth-order valence-electron chi connectivity index (χ4n) is 19.7. The van der Waals surface area contributed by atoms with Crippen molar-refractivity contribution < 1.29 is 28.4 Å². The molecule has 0 unspecified atom stereocenters. The van der Waals surface area contributed by atoms with Crippen LogP contribution in [0.25, 0.3) is 121 Å². The number of benzene rings is 19. The average Bonchev–Trinajstić information content (AvgIpc) is 1.62. The van der Waals surface area contributed by atoms with Gasteiger partial charge in [-0.05, 0) is 209 Å². The van der Waals surface area contributed by atoms with E-state index in [0.717, 1.165) is 113 Å². The summed E-state index contributed by atoms with van der Waals surface area (Å²) in [6, 6.07) is 135. The monoisotopic (exact) mass is 1490 g/mol. The maximum absolute atomic E-state index is 6.74. The lowest BCUT2D eigenvalue weighted by Gasteiger charge is -2.34. The molecule has 0 radical (unpaired) electrons. The highest BCUT2D eigenvalue weighted by molar-refractivity contribution is 6.99. The molecule has 0 atom stereocenters. The third-order valence-electron chi connectivity index (χ3n) is 24.9. The van der Waals surface area contributed by atoms with Crippen LogP contribution < -0.4 is 77.6 Å². The van der Waals surface area contributed by atoms with Crippen LogP contribution in [0.2, 0.25) is 0 Å². The van der Waals surface area contributed by atoms with Crippen molar-refractivity contribution in [1.82, 2.24) is 9.13 Å². The van der Waals surface area contributed by atoms with Crippen molar-refractivity contribution in [2.24, 2.45) is 0 Å². The van der Waals surface area contributed by atoms with Crippen molar-refractivity contribution in [2.45, 2.75) is 0 Å². The van der Waals surface area contributed by atoms with Crippen molar-refractivity contribution in [1.29, 1.82) is 0 Å². The maximum Gasteiger partial charge on any atom is 0.260 e. The third-order valence-corrected chi connectivity index (χ3v) is 24.9. The Kier molecular flexibility index (Phi) is 14.3. The zero-order valence-corrected chi connectivity index (χ0v) is 62.9. The van der Waals surface area contributed by atoms with Crippen molar-refractivity contribution in [2.75, 3.05) is 0 Å². The predicted molar refractivity (Wildman–Crippen MR) is 481 cm³/mol. The summed E-state index contributed by atoms with van der Waals surface area (Å²) in [7, 11) is 0. The van der Waals surface area contributed by atoms with Gasteiger partial charge in [-0.3, -0.25) is 0 Å². The first-order valence-corrected chi connectivity index (χ1v) is 40.0. The van der Waals surface area contributed by atoms with Gasteiger partial charge in [0.25, 0.3) is 20.1 Å². The zero-order chi connectivity index (χ0) is 76.5. The molecule has 11 heteroatoms. The molecule has 0 spiro atoms. The van der Waals surface area contributed by atoms with Crippen LogP contribution in [-0.4, -0.2) is 29.3 Å². The standard InChI is InChI=1S/2C36H22BNO2.C34H19BO2/c1-5-13-30-26(9-1)27-10-2-6-14-31(27)38(30)24-19-17-23(18-20-24)25-21-22-34-35-36(25)40-33-16-8-4-12-29(33)37(35)28-11-3-7-15-32(28)39-34;1-4-11-30-26(8-1)27-9-2-5-12-31(27)38(30)25-19-16-23(17-20-25)24-18-21-33-29(22-24)37-28-10-3-6-13-32(28)39-34-14-7-15-35(40-33)36(34)37;1-3-10-28-26(8-1)35-27-9-2-4-11-29(27)37-34-25(18-19-30(36-28)33(34)35)23-16-14-22-13-12-20-6-5-7-21-15-17-24(23)32(22)31(20)21/h2*1-22H;1-19H. The molecule has 2 aromatic heterocycles. The highest BCUT2D eigenvalue weighted by atomic mass is 16.5. The smallest absolute Gasteiger partial charge is 0.260 e. The van der Waals surface area contributed by atoms with Crippen molar-refractivity contribution >= 4 is 145 Å². The molecule has 19 aromatic carbocycles. The molecule has 0 saturated heterocycles. The van der Waals surface area contributed by atoms with Gasteiger partial charge in [-0.1, -0.05) is 261 Å². The first kappa shape index (κ1) is 65.4. The van der Waals surface area contributed by atoms with Gasteiger partial charge in [0.1, 0.15) is 69.0 Å². The second kappa shape index (κ2) is 25.7. The summed E-state index contributed by atoms with van der Waals surface area (Å²) in [6.07, 6.45) is 0. The normalized spacial score (nSPS) is 13.0. The first-order chi connectivity index (χ1) is 58.0. The molecule has 27 rings (SSSR count). The van der Waals surface area contributed by atoms with E-state index in [-0.39, 0.29) is 20.1 Å². The van der Waals surface area contributed by atoms with E-state index < -0.39 is 0 Å². The quantitative estimate of drug-likeness (QED) is 0.126. The average molecular weight is 1490 g/mol. The number of aromatic nitrogens is 2. The van der Waals surface area contributed by atoms with Crippen molar-refractivity contribution in [3.63, 3.8) is 0 Å². The minimum atomic E-state index is 0.0664. The van der Waals surface area contributed by atoms with E-state index in [9.17, 15) is 0 Å². The van der Waals surface area contributed by atoms with Crippen LogP contribution in [0.3, 0.4) is 0 Å². The van der Waals surface area contributed by atoms with Gasteiger partial charge in [0.2, 0.25) is 0 Å². The molecule has 0 fully saturated rings. The van der Waals surface area contributed by atoms with Gasteiger partial charge in [-0.2, -0.15) is 0 Å². The van der Waals surface area contributed by atoms with Gasteiger partial charge in [-0.25, -0.2) is 0 Å². The van der Waals surface area contributed by atoms with E-state index in [1.807, 2.05) is 42.5 Å². The molecule has 6 aliphatic heterocycles. The maximum atomic E-state index is 6.74. The minimum absolute atomic E-state index is 0.0664. The van der Waals surface area contributed by atoms with E-state index >= 15 is 0 Å². The Morgan fingerprint density at radius 3 is 0.991 bits per heavy atom. The largest absolute Gasteiger partial charge is 0.458 e. The number of nitrogens with zero attached hydrogens (tertiary/aromatic N) is 2. The molecule has 6 aliphatic rings. The van der Waals surface area contributed by atoms with Gasteiger partial charge in [0, 0.05) is 60.4 Å². The summed E-state index contributed by atoms with van der Waals surface area (Å²) < 4.78 is 43.6. The molecule has 0 amide bonds. The SMILES string of the molecule is c1ccc2c(c1)Oc1ccc(-c3ccc(-n4c5ccccc5c5ccccc54)cc3)c3c1B2c1ccccc1O3.c1ccc2c(c1)Oc1ccc(-c3ccc4ccc5cccc6ccc3c4c56)c3c1B2c1ccccc1O3.c1ccc2c(c1)Oc1cccc3c1B2c1cc(-c2ccc(-n4c5ccccc5c5ccccc54)cc2)ccc1O3. The fourth-order valence-corrected chi connectivity index (χ4v) is 19.7. The topological polar surface area (TPSA) is 65.2 Å². The number of hydrogen-bond donors (Lipinski definition) is 0. The number of rotatable bonds is 5. The van der Waals surface area contributed by atoms with E-state index in [4.69, 9.17) is 28.4 Å². The van der Waals surface area contributed by atoms with Gasteiger partial charge in [-0.15, -0.1) is 0 Å². The van der Waals surface area contributed by atoms with Crippen LogP contribution in [0.4, 0.5) is 0 Å². The summed E-state index contributed by atoms with van der Waals surface area (Å²) in [6.45, 7) is 0.202. The zero-order valence-electron chi connectivity index (χ0n) is 62.9. The molecule has 117 heavy (non-hydrogen) atoms. The predicted octanol–water partition coefficient (Wildman–Crippen LogP) is 21.3. The Bertz CT molecular complexity index is 7560. The lowest BCUT2D eigenvalue weighted by atomic mass is 9.34. The Morgan fingerprint density at radius 1 is 0.188 bits per heavy atom. The fraction of sp³-hybridized carbons (Fsp3) is 0. The van der Waals surface area contributed by atoms with E-state index in [2.05, 4.69) is 349 Å². The highest BCUT2D eigenvalue weighted by Gasteiger charge is 2.44. The van der Waals surface area contributed by atoms with Gasteiger partial charge < -0.3 is 37.6 Å².